The van der Waals surface area contributed by atoms with Gasteiger partial charge in [0.25, 0.3) is 12.3 Å². The largest absolute Gasteiger partial charge is 0.416 e. The molecule has 7 nitrogen and oxygen atoms in total. The van der Waals surface area contributed by atoms with Crippen LogP contribution < -0.4 is 10.6 Å². The second-order valence-electron chi connectivity index (χ2n) is 6.43. The summed E-state index contributed by atoms with van der Waals surface area (Å²) in [5.74, 6) is 0.275. The molecule has 29 heavy (non-hydrogen) atoms. The zero-order chi connectivity index (χ0) is 20.4. The van der Waals surface area contributed by atoms with Crippen LogP contribution >= 0.6 is 0 Å². The number of alkyl halides is 2. The van der Waals surface area contributed by atoms with Gasteiger partial charge < -0.3 is 15.1 Å². The van der Waals surface area contributed by atoms with Crippen LogP contribution in [-0.2, 0) is 6.42 Å². The van der Waals surface area contributed by atoms with Crippen LogP contribution in [0.25, 0.3) is 22.9 Å². The van der Waals surface area contributed by atoms with E-state index in [9.17, 15) is 18.8 Å². The Hall–Kier alpha value is -3.80. The van der Waals surface area contributed by atoms with Crippen LogP contribution in [0.1, 0.15) is 21.5 Å². The summed E-state index contributed by atoms with van der Waals surface area (Å²) in [6.07, 6.45) is -1.77. The van der Waals surface area contributed by atoms with Gasteiger partial charge in [0.2, 0.25) is 11.8 Å². The van der Waals surface area contributed by atoms with Gasteiger partial charge in [0, 0.05) is 23.2 Å². The number of carbonyl (C=O) groups is 1. The normalized spacial score (nSPS) is 13.0. The SMILES string of the molecule is N#Cc1cc(-c2nnc(-c3ccc4c(c3)C(=O)NCC4)o2)ccc1NCC(F)F. The number of rotatable bonds is 5. The van der Waals surface area contributed by atoms with Crippen LogP contribution in [0.5, 0.6) is 0 Å². The lowest BCUT2D eigenvalue weighted by Gasteiger charge is -2.16. The van der Waals surface area contributed by atoms with E-state index in [-0.39, 0.29) is 23.3 Å². The van der Waals surface area contributed by atoms with Crippen molar-refractivity contribution in [3.8, 4) is 29.0 Å². The molecule has 0 atom stereocenters. The maximum absolute atomic E-state index is 12.4. The van der Waals surface area contributed by atoms with Gasteiger partial charge in [-0.05, 0) is 42.3 Å². The molecule has 2 N–H and O–H groups in total. The summed E-state index contributed by atoms with van der Waals surface area (Å²) >= 11 is 0. The van der Waals surface area contributed by atoms with Gasteiger partial charge in [-0.3, -0.25) is 4.79 Å². The van der Waals surface area contributed by atoms with E-state index >= 15 is 0 Å². The van der Waals surface area contributed by atoms with Crippen molar-refractivity contribution >= 4 is 11.6 Å². The summed E-state index contributed by atoms with van der Waals surface area (Å²) in [7, 11) is 0. The quantitative estimate of drug-likeness (QED) is 0.687. The van der Waals surface area contributed by atoms with E-state index in [1.165, 1.54) is 12.1 Å². The zero-order valence-electron chi connectivity index (χ0n) is 15.1. The number of aromatic nitrogens is 2. The third-order valence-corrected chi connectivity index (χ3v) is 4.54. The number of anilines is 1. The van der Waals surface area contributed by atoms with E-state index in [4.69, 9.17) is 4.42 Å². The Balaban J connectivity index is 1.62. The standard InChI is InChI=1S/C20H15F2N5O2/c21-17(22)10-25-16-4-3-12(7-14(16)9-23)19-26-27-20(29-19)13-2-1-11-5-6-24-18(28)15(11)8-13/h1-4,7-8,17,25H,5-6,10H2,(H,24,28). The minimum Gasteiger partial charge on any atom is -0.416 e. The molecule has 0 fully saturated rings. The number of benzene rings is 2. The van der Waals surface area contributed by atoms with Gasteiger partial charge in [0.05, 0.1) is 17.8 Å². The maximum Gasteiger partial charge on any atom is 0.255 e. The number of hydrogen-bond donors (Lipinski definition) is 2. The van der Waals surface area contributed by atoms with E-state index < -0.39 is 13.0 Å². The van der Waals surface area contributed by atoms with Crippen molar-refractivity contribution in [3.05, 3.63) is 53.1 Å². The lowest BCUT2D eigenvalue weighted by Crippen LogP contribution is -2.31. The first-order valence-corrected chi connectivity index (χ1v) is 8.86. The van der Waals surface area contributed by atoms with Crippen molar-refractivity contribution in [2.75, 3.05) is 18.4 Å². The average molecular weight is 395 g/mol. The number of nitrogens with zero attached hydrogens (tertiary/aromatic N) is 3. The van der Waals surface area contributed by atoms with Gasteiger partial charge in [-0.2, -0.15) is 5.26 Å². The summed E-state index contributed by atoms with van der Waals surface area (Å²) in [6.45, 7) is 0.0594. The van der Waals surface area contributed by atoms with Crippen molar-refractivity contribution in [2.45, 2.75) is 12.8 Å². The first-order valence-electron chi connectivity index (χ1n) is 8.86. The Bertz CT molecular complexity index is 1120. The first-order chi connectivity index (χ1) is 14.0. The molecule has 1 aromatic heterocycles. The molecule has 0 spiro atoms. The topological polar surface area (TPSA) is 104 Å². The van der Waals surface area contributed by atoms with Crippen LogP contribution in [-0.4, -0.2) is 35.6 Å². The highest BCUT2D eigenvalue weighted by molar-refractivity contribution is 5.97. The Morgan fingerprint density at radius 2 is 1.90 bits per heavy atom. The molecule has 0 saturated heterocycles. The molecule has 146 valence electrons. The van der Waals surface area contributed by atoms with Crippen molar-refractivity contribution in [3.63, 3.8) is 0 Å². The fourth-order valence-electron chi connectivity index (χ4n) is 3.11. The second-order valence-corrected chi connectivity index (χ2v) is 6.43. The van der Waals surface area contributed by atoms with Crippen LogP contribution in [0, 0.1) is 11.3 Å². The number of nitrogens with one attached hydrogen (secondary N) is 2. The van der Waals surface area contributed by atoms with E-state index in [1.807, 2.05) is 18.2 Å². The van der Waals surface area contributed by atoms with E-state index in [2.05, 4.69) is 20.8 Å². The highest BCUT2D eigenvalue weighted by Crippen LogP contribution is 2.28. The molecule has 1 amide bonds. The van der Waals surface area contributed by atoms with Gasteiger partial charge >= 0.3 is 0 Å². The van der Waals surface area contributed by atoms with Crippen molar-refractivity contribution in [2.24, 2.45) is 0 Å². The predicted octanol–water partition coefficient (Wildman–Crippen LogP) is 3.24. The van der Waals surface area contributed by atoms with Crippen molar-refractivity contribution < 1.29 is 18.0 Å². The maximum atomic E-state index is 12.4. The predicted molar refractivity (Wildman–Crippen MR) is 100 cm³/mol. The highest BCUT2D eigenvalue weighted by Gasteiger charge is 2.19. The summed E-state index contributed by atoms with van der Waals surface area (Å²) in [6, 6.07) is 12.0. The smallest absolute Gasteiger partial charge is 0.255 e. The average Bonchev–Trinajstić information content (AvgIpc) is 3.22. The summed E-state index contributed by atoms with van der Waals surface area (Å²) in [5, 5.41) is 22.7. The molecule has 1 aliphatic heterocycles. The fraction of sp³-hybridized carbons (Fsp3) is 0.200. The molecule has 0 bridgehead atoms. The van der Waals surface area contributed by atoms with Gasteiger partial charge in [-0.15, -0.1) is 10.2 Å². The minimum absolute atomic E-state index is 0.140. The highest BCUT2D eigenvalue weighted by atomic mass is 19.3. The summed E-state index contributed by atoms with van der Waals surface area (Å²) < 4.78 is 30.5. The molecular formula is C20H15F2N5O2. The van der Waals surface area contributed by atoms with Crippen molar-refractivity contribution in [1.82, 2.24) is 15.5 Å². The molecule has 4 rings (SSSR count). The Kier molecular flexibility index (Phi) is 4.91. The lowest BCUT2D eigenvalue weighted by molar-refractivity contribution is 0.0946. The number of carbonyl (C=O) groups excluding carboxylic acids is 1. The monoisotopic (exact) mass is 395 g/mol. The van der Waals surface area contributed by atoms with Crippen LogP contribution in [0.15, 0.2) is 40.8 Å². The Morgan fingerprint density at radius 1 is 1.17 bits per heavy atom. The molecule has 3 aromatic rings. The zero-order valence-corrected chi connectivity index (χ0v) is 15.1. The molecular weight excluding hydrogens is 380 g/mol. The van der Waals surface area contributed by atoms with E-state index in [0.29, 0.717) is 28.9 Å². The third kappa shape index (κ3) is 3.78. The van der Waals surface area contributed by atoms with Crippen LogP contribution in [0.4, 0.5) is 14.5 Å². The number of fused-ring (bicyclic) bond motifs is 1. The number of nitriles is 1. The molecule has 0 unspecified atom stereocenters. The minimum atomic E-state index is -2.53. The Morgan fingerprint density at radius 3 is 2.62 bits per heavy atom. The van der Waals surface area contributed by atoms with Gasteiger partial charge in [-0.25, -0.2) is 8.78 Å². The molecule has 2 aromatic carbocycles. The molecule has 1 aliphatic rings. The second kappa shape index (κ2) is 7.67. The summed E-state index contributed by atoms with van der Waals surface area (Å²) in [5.41, 5.74) is 3.12. The molecule has 0 saturated carbocycles. The fourth-order valence-corrected chi connectivity index (χ4v) is 3.11. The molecule has 2 heterocycles. The number of hydrogen-bond acceptors (Lipinski definition) is 6. The van der Waals surface area contributed by atoms with Gasteiger partial charge in [-0.1, -0.05) is 6.07 Å². The van der Waals surface area contributed by atoms with Crippen molar-refractivity contribution in [1.29, 1.82) is 5.26 Å². The van der Waals surface area contributed by atoms with Crippen LogP contribution in [0.2, 0.25) is 0 Å². The lowest BCUT2D eigenvalue weighted by atomic mass is 9.98. The Labute approximate surface area is 164 Å². The third-order valence-electron chi connectivity index (χ3n) is 4.54. The van der Waals surface area contributed by atoms with Gasteiger partial charge in [0.1, 0.15) is 6.07 Å². The summed E-state index contributed by atoms with van der Waals surface area (Å²) in [4.78, 5) is 12.0. The first kappa shape index (κ1) is 18.6. The molecule has 9 heteroatoms. The molecule has 0 aliphatic carbocycles. The number of amides is 1. The molecule has 0 radical (unpaired) electrons. The van der Waals surface area contributed by atoms with Gasteiger partial charge in [0.15, 0.2) is 0 Å². The number of halogens is 2. The van der Waals surface area contributed by atoms with E-state index in [1.54, 1.807) is 12.1 Å². The van der Waals surface area contributed by atoms with Crippen LogP contribution in [0.3, 0.4) is 0 Å². The van der Waals surface area contributed by atoms with E-state index in [0.717, 1.165) is 12.0 Å².